The summed E-state index contributed by atoms with van der Waals surface area (Å²) < 4.78 is 0. The summed E-state index contributed by atoms with van der Waals surface area (Å²) >= 11 is 0. The van der Waals surface area contributed by atoms with Crippen LogP contribution in [0.1, 0.15) is 30.0 Å². The van der Waals surface area contributed by atoms with E-state index in [0.717, 1.165) is 42.4 Å². The van der Waals surface area contributed by atoms with Gasteiger partial charge in [0.2, 0.25) is 5.91 Å². The molecule has 6 nitrogen and oxygen atoms in total. The van der Waals surface area contributed by atoms with Gasteiger partial charge >= 0.3 is 0 Å². The normalized spacial score (nSPS) is 16.1. The first-order chi connectivity index (χ1) is 11.3. The maximum atomic E-state index is 12.5. The lowest BCUT2D eigenvalue weighted by Crippen LogP contribution is -2.38. The molecule has 23 heavy (non-hydrogen) atoms. The largest absolute Gasteiger partial charge is 0.348 e. The molecule has 1 aromatic carbocycles. The van der Waals surface area contributed by atoms with Crippen molar-refractivity contribution < 1.29 is 4.79 Å². The van der Waals surface area contributed by atoms with Gasteiger partial charge in [0.15, 0.2) is 0 Å². The predicted octanol–water partition coefficient (Wildman–Crippen LogP) is 2.23. The van der Waals surface area contributed by atoms with Crippen LogP contribution >= 0.6 is 0 Å². The van der Waals surface area contributed by atoms with Crippen molar-refractivity contribution in [2.75, 3.05) is 13.1 Å². The molecule has 0 aliphatic carbocycles. The van der Waals surface area contributed by atoms with E-state index in [4.69, 9.17) is 0 Å². The maximum absolute atomic E-state index is 12.5. The Kier molecular flexibility index (Phi) is 3.57. The van der Waals surface area contributed by atoms with E-state index < -0.39 is 0 Å². The second kappa shape index (κ2) is 5.87. The van der Waals surface area contributed by atoms with Gasteiger partial charge in [-0.2, -0.15) is 5.10 Å². The number of piperidine rings is 1. The number of benzene rings is 1. The average molecular weight is 309 g/mol. The minimum Gasteiger partial charge on any atom is -0.348 e. The van der Waals surface area contributed by atoms with Gasteiger partial charge in [-0.1, -0.05) is 12.1 Å². The van der Waals surface area contributed by atoms with Gasteiger partial charge in [-0.25, -0.2) is 4.98 Å². The number of likely N-dealkylation sites (tertiary alicyclic amines) is 1. The summed E-state index contributed by atoms with van der Waals surface area (Å²) in [5.41, 5.74) is 3.19. The number of aromatic nitrogens is 4. The zero-order valence-electron chi connectivity index (χ0n) is 12.8. The van der Waals surface area contributed by atoms with Crippen LogP contribution < -0.4 is 0 Å². The Morgan fingerprint density at radius 2 is 2.13 bits per heavy atom. The van der Waals surface area contributed by atoms with Crippen molar-refractivity contribution in [2.45, 2.75) is 25.2 Å². The van der Waals surface area contributed by atoms with Crippen LogP contribution in [0.4, 0.5) is 0 Å². The molecule has 6 heteroatoms. The second-order valence-corrected chi connectivity index (χ2v) is 6.13. The zero-order valence-corrected chi connectivity index (χ0v) is 12.8. The number of fused-ring (bicyclic) bond motifs is 1. The lowest BCUT2D eigenvalue weighted by Gasteiger charge is -2.31. The molecule has 0 spiro atoms. The predicted molar refractivity (Wildman–Crippen MR) is 86.9 cm³/mol. The maximum Gasteiger partial charge on any atom is 0.226 e. The number of carbonyl (C=O) groups excluding carboxylic acids is 1. The van der Waals surface area contributed by atoms with Crippen molar-refractivity contribution in [1.29, 1.82) is 0 Å². The van der Waals surface area contributed by atoms with Gasteiger partial charge in [0.1, 0.15) is 0 Å². The Bertz CT molecular complexity index is 799. The molecule has 3 aromatic rings. The number of imidazole rings is 1. The highest BCUT2D eigenvalue weighted by molar-refractivity contribution is 5.82. The van der Waals surface area contributed by atoms with Crippen molar-refractivity contribution in [3.05, 3.63) is 48.2 Å². The molecular weight excluding hydrogens is 290 g/mol. The molecule has 0 unspecified atom stereocenters. The molecule has 1 amide bonds. The van der Waals surface area contributed by atoms with E-state index in [1.54, 1.807) is 12.5 Å². The van der Waals surface area contributed by atoms with Crippen molar-refractivity contribution >= 4 is 16.8 Å². The summed E-state index contributed by atoms with van der Waals surface area (Å²) in [7, 11) is 0. The molecule has 3 heterocycles. The van der Waals surface area contributed by atoms with Crippen LogP contribution in [0.5, 0.6) is 0 Å². The molecule has 1 aliphatic heterocycles. The second-order valence-electron chi connectivity index (χ2n) is 6.13. The molecule has 118 valence electrons. The van der Waals surface area contributed by atoms with Crippen molar-refractivity contribution in [1.82, 2.24) is 25.1 Å². The molecule has 2 aromatic heterocycles. The Labute approximate surface area is 133 Å². The Balaban J connectivity index is 1.38. The van der Waals surface area contributed by atoms with Crippen LogP contribution in [-0.4, -0.2) is 44.1 Å². The van der Waals surface area contributed by atoms with E-state index >= 15 is 0 Å². The van der Waals surface area contributed by atoms with Gasteiger partial charge in [-0.05, 0) is 24.5 Å². The number of nitrogens with zero attached hydrogens (tertiary/aromatic N) is 3. The summed E-state index contributed by atoms with van der Waals surface area (Å²) in [4.78, 5) is 21.8. The molecular formula is C17H19N5O. The summed E-state index contributed by atoms with van der Waals surface area (Å²) in [6, 6.07) is 6.02. The fraction of sp³-hybridized carbons (Fsp3) is 0.353. The van der Waals surface area contributed by atoms with Gasteiger partial charge in [-0.3, -0.25) is 9.89 Å². The molecule has 0 saturated carbocycles. The van der Waals surface area contributed by atoms with E-state index in [1.807, 2.05) is 29.3 Å². The average Bonchev–Trinajstić information content (AvgIpc) is 3.26. The van der Waals surface area contributed by atoms with Gasteiger partial charge < -0.3 is 9.88 Å². The van der Waals surface area contributed by atoms with Gasteiger partial charge in [-0.15, -0.1) is 0 Å². The number of hydrogen-bond donors (Lipinski definition) is 2. The molecule has 1 fully saturated rings. The van der Waals surface area contributed by atoms with Gasteiger partial charge in [0.25, 0.3) is 0 Å². The fourth-order valence-corrected chi connectivity index (χ4v) is 3.31. The third kappa shape index (κ3) is 2.84. The molecule has 2 N–H and O–H groups in total. The fourth-order valence-electron chi connectivity index (χ4n) is 3.31. The number of nitrogens with one attached hydrogen (secondary N) is 2. The van der Waals surface area contributed by atoms with Crippen LogP contribution in [0.2, 0.25) is 0 Å². The van der Waals surface area contributed by atoms with Gasteiger partial charge in [0, 0.05) is 36.3 Å². The number of carbonyl (C=O) groups is 1. The number of aromatic amines is 2. The smallest absolute Gasteiger partial charge is 0.226 e. The van der Waals surface area contributed by atoms with Crippen molar-refractivity contribution in [3.8, 4) is 0 Å². The van der Waals surface area contributed by atoms with E-state index in [2.05, 4.69) is 20.2 Å². The highest BCUT2D eigenvalue weighted by atomic mass is 16.2. The van der Waals surface area contributed by atoms with Crippen molar-refractivity contribution in [2.24, 2.45) is 0 Å². The highest BCUT2D eigenvalue weighted by Crippen LogP contribution is 2.26. The van der Waals surface area contributed by atoms with E-state index in [9.17, 15) is 4.79 Å². The minimum absolute atomic E-state index is 0.201. The first-order valence-corrected chi connectivity index (χ1v) is 7.97. The quantitative estimate of drug-likeness (QED) is 0.779. The number of H-pyrrole nitrogens is 2. The lowest BCUT2D eigenvalue weighted by molar-refractivity contribution is -0.131. The Hall–Kier alpha value is -2.63. The molecule has 0 radical (unpaired) electrons. The summed E-state index contributed by atoms with van der Waals surface area (Å²) in [5.74, 6) is 0.690. The minimum atomic E-state index is 0.201. The first kappa shape index (κ1) is 14.0. The third-order valence-corrected chi connectivity index (χ3v) is 4.67. The Morgan fingerprint density at radius 1 is 1.26 bits per heavy atom. The van der Waals surface area contributed by atoms with Crippen LogP contribution in [0, 0.1) is 0 Å². The van der Waals surface area contributed by atoms with E-state index in [1.165, 1.54) is 5.69 Å². The standard InChI is InChI=1S/C17H19N5O/c23-17(8-12-1-2-14-9-20-21-15(14)7-12)22-5-3-13(4-6-22)16-10-18-11-19-16/h1-2,7,9-11,13H,3-6,8H2,(H,18,19)(H,20,21). The number of hydrogen-bond acceptors (Lipinski definition) is 3. The molecule has 0 atom stereocenters. The Morgan fingerprint density at radius 3 is 2.91 bits per heavy atom. The third-order valence-electron chi connectivity index (χ3n) is 4.67. The highest BCUT2D eigenvalue weighted by Gasteiger charge is 2.24. The zero-order chi connectivity index (χ0) is 15.6. The molecule has 0 bridgehead atoms. The van der Waals surface area contributed by atoms with E-state index in [0.29, 0.717) is 12.3 Å². The van der Waals surface area contributed by atoms with E-state index in [-0.39, 0.29) is 5.91 Å². The monoisotopic (exact) mass is 309 g/mol. The van der Waals surface area contributed by atoms with Crippen LogP contribution in [0.15, 0.2) is 36.9 Å². The van der Waals surface area contributed by atoms with Crippen LogP contribution in [-0.2, 0) is 11.2 Å². The number of amides is 1. The lowest BCUT2D eigenvalue weighted by atomic mass is 9.93. The molecule has 1 saturated heterocycles. The van der Waals surface area contributed by atoms with Crippen LogP contribution in [0.25, 0.3) is 10.9 Å². The SMILES string of the molecule is O=C(Cc1ccc2cn[nH]c2c1)N1CCC(c2cnc[nH]2)CC1. The summed E-state index contributed by atoms with van der Waals surface area (Å²) in [5, 5.41) is 8.04. The van der Waals surface area contributed by atoms with Crippen LogP contribution in [0.3, 0.4) is 0 Å². The number of rotatable bonds is 3. The summed E-state index contributed by atoms with van der Waals surface area (Å²) in [6.45, 7) is 1.63. The van der Waals surface area contributed by atoms with Gasteiger partial charge in [0.05, 0.1) is 24.5 Å². The molecule has 4 rings (SSSR count). The first-order valence-electron chi connectivity index (χ1n) is 7.97. The summed E-state index contributed by atoms with van der Waals surface area (Å²) in [6.07, 6.45) is 7.84. The topological polar surface area (TPSA) is 77.7 Å². The van der Waals surface area contributed by atoms with Crippen molar-refractivity contribution in [3.63, 3.8) is 0 Å². The molecule has 1 aliphatic rings.